The summed E-state index contributed by atoms with van der Waals surface area (Å²) in [4.78, 5) is 24.1. The number of amides is 2. The molecule has 1 aliphatic rings. The fraction of sp³-hybridized carbons (Fsp3) is 0.529. The summed E-state index contributed by atoms with van der Waals surface area (Å²) >= 11 is 0. The van der Waals surface area contributed by atoms with E-state index >= 15 is 0 Å². The summed E-state index contributed by atoms with van der Waals surface area (Å²) in [5.74, 6) is -0.512. The smallest absolute Gasteiger partial charge is 0.247 e. The monoisotopic (exact) mass is 367 g/mol. The van der Waals surface area contributed by atoms with Crippen LogP contribution in [-0.2, 0) is 26.0 Å². The van der Waals surface area contributed by atoms with Crippen LogP contribution >= 0.6 is 0 Å². The summed E-state index contributed by atoms with van der Waals surface area (Å²) in [6, 6.07) is 4.03. The quantitative estimate of drug-likeness (QED) is 0.706. The first-order chi connectivity index (χ1) is 11.7. The van der Waals surface area contributed by atoms with Crippen molar-refractivity contribution in [2.75, 3.05) is 5.32 Å². The van der Waals surface area contributed by atoms with E-state index in [1.54, 1.807) is 12.1 Å². The molecule has 2 amide bonds. The molecule has 138 valence electrons. The zero-order valence-corrected chi connectivity index (χ0v) is 15.4. The molecule has 8 heteroatoms. The van der Waals surface area contributed by atoms with E-state index in [0.717, 1.165) is 25.7 Å². The number of rotatable bonds is 6. The van der Waals surface area contributed by atoms with Crippen LogP contribution in [0.1, 0.15) is 45.1 Å². The number of aryl methyl sites for hydroxylation is 1. The van der Waals surface area contributed by atoms with Crippen molar-refractivity contribution in [3.63, 3.8) is 0 Å². The minimum absolute atomic E-state index is 0.00439. The van der Waals surface area contributed by atoms with E-state index in [0.29, 0.717) is 17.7 Å². The zero-order valence-electron chi connectivity index (χ0n) is 14.5. The maximum absolute atomic E-state index is 12.6. The highest BCUT2D eigenvalue weighted by Crippen LogP contribution is 2.29. The summed E-state index contributed by atoms with van der Waals surface area (Å²) < 4.78 is 23.5. The second kappa shape index (κ2) is 7.97. The Labute approximate surface area is 148 Å². The first-order valence-electron chi connectivity index (χ1n) is 8.46. The highest BCUT2D eigenvalue weighted by atomic mass is 32.2. The van der Waals surface area contributed by atoms with Crippen molar-refractivity contribution in [2.45, 2.75) is 56.9 Å². The van der Waals surface area contributed by atoms with E-state index in [1.807, 2.05) is 6.92 Å². The van der Waals surface area contributed by atoms with Crippen molar-refractivity contribution in [2.24, 2.45) is 11.1 Å². The summed E-state index contributed by atoms with van der Waals surface area (Å²) in [6.45, 7) is 3.21. The lowest BCUT2D eigenvalue weighted by Gasteiger charge is -2.23. The molecule has 1 saturated carbocycles. The molecule has 0 bridgehead atoms. The molecule has 0 radical (unpaired) electrons. The molecule has 1 atom stereocenters. The van der Waals surface area contributed by atoms with Crippen LogP contribution in [0.5, 0.6) is 0 Å². The predicted molar refractivity (Wildman–Crippen MR) is 95.4 cm³/mol. The second-order valence-corrected chi connectivity index (χ2v) is 7.96. The molecule has 1 aliphatic carbocycles. The Morgan fingerprint density at radius 3 is 2.44 bits per heavy atom. The van der Waals surface area contributed by atoms with E-state index in [9.17, 15) is 18.0 Å². The Hall–Kier alpha value is -1.93. The van der Waals surface area contributed by atoms with Gasteiger partial charge in [0.2, 0.25) is 21.8 Å². The van der Waals surface area contributed by atoms with Gasteiger partial charge in [-0.2, -0.15) is 0 Å². The standard InChI is InChI=1S/C17H25N3O4S/c1-3-12-8-9-14(10-15(12)25(18,23)24)20-17(22)16(19-11(2)21)13-6-4-5-7-13/h8-10,13,16H,3-7H2,1-2H3,(H,19,21)(H,20,22)(H2,18,23,24). The normalized spacial score (nSPS) is 16.4. The van der Waals surface area contributed by atoms with Gasteiger partial charge < -0.3 is 10.6 Å². The molecule has 1 fully saturated rings. The Morgan fingerprint density at radius 1 is 1.28 bits per heavy atom. The molecule has 1 aromatic rings. The lowest BCUT2D eigenvalue weighted by Crippen LogP contribution is -2.47. The van der Waals surface area contributed by atoms with Gasteiger partial charge in [0.05, 0.1) is 4.90 Å². The topological polar surface area (TPSA) is 118 Å². The van der Waals surface area contributed by atoms with Crippen LogP contribution in [0.15, 0.2) is 23.1 Å². The summed E-state index contributed by atoms with van der Waals surface area (Å²) in [6.07, 6.45) is 4.35. The Bertz CT molecular complexity index is 755. The van der Waals surface area contributed by atoms with Gasteiger partial charge in [-0.1, -0.05) is 25.8 Å². The number of nitrogens with two attached hydrogens (primary N) is 1. The zero-order chi connectivity index (χ0) is 18.6. The van der Waals surface area contributed by atoms with Crippen LogP contribution in [0, 0.1) is 5.92 Å². The summed E-state index contributed by atoms with van der Waals surface area (Å²) in [7, 11) is -3.88. The third-order valence-corrected chi connectivity index (χ3v) is 5.53. The molecule has 0 saturated heterocycles. The first-order valence-corrected chi connectivity index (χ1v) is 10.0. The van der Waals surface area contributed by atoms with Crippen molar-refractivity contribution in [3.05, 3.63) is 23.8 Å². The fourth-order valence-corrected chi connectivity index (χ4v) is 4.19. The lowest BCUT2D eigenvalue weighted by molar-refractivity contribution is -0.126. The molecule has 0 heterocycles. The van der Waals surface area contributed by atoms with Crippen LogP contribution in [-0.4, -0.2) is 26.3 Å². The fourth-order valence-electron chi connectivity index (χ4n) is 3.32. The SMILES string of the molecule is CCc1ccc(NC(=O)C(NC(C)=O)C2CCCC2)cc1S(N)(=O)=O. The molecular formula is C17H25N3O4S. The maximum Gasteiger partial charge on any atom is 0.247 e. The van der Waals surface area contributed by atoms with Crippen LogP contribution in [0.3, 0.4) is 0 Å². The number of anilines is 1. The van der Waals surface area contributed by atoms with Gasteiger partial charge in [0, 0.05) is 12.6 Å². The summed E-state index contributed by atoms with van der Waals surface area (Å²) in [5.41, 5.74) is 0.939. The van der Waals surface area contributed by atoms with Crippen molar-refractivity contribution in [1.29, 1.82) is 0 Å². The van der Waals surface area contributed by atoms with Gasteiger partial charge in [-0.25, -0.2) is 13.6 Å². The van der Waals surface area contributed by atoms with Gasteiger partial charge in [0.15, 0.2) is 0 Å². The van der Waals surface area contributed by atoms with Crippen LogP contribution in [0.4, 0.5) is 5.69 Å². The number of carbonyl (C=O) groups is 2. The highest BCUT2D eigenvalue weighted by molar-refractivity contribution is 7.89. The average molecular weight is 367 g/mol. The molecular weight excluding hydrogens is 342 g/mol. The third kappa shape index (κ3) is 5.02. The van der Waals surface area contributed by atoms with Crippen LogP contribution < -0.4 is 15.8 Å². The number of benzene rings is 1. The molecule has 4 N–H and O–H groups in total. The second-order valence-electron chi connectivity index (χ2n) is 6.43. The van der Waals surface area contributed by atoms with Gasteiger partial charge in [-0.05, 0) is 42.9 Å². The van der Waals surface area contributed by atoms with E-state index in [1.165, 1.54) is 13.0 Å². The average Bonchev–Trinajstić information content (AvgIpc) is 3.05. The maximum atomic E-state index is 12.6. The number of nitrogens with one attached hydrogen (secondary N) is 2. The number of primary sulfonamides is 1. The largest absolute Gasteiger partial charge is 0.344 e. The van der Waals surface area contributed by atoms with Crippen LogP contribution in [0.25, 0.3) is 0 Å². The molecule has 0 aliphatic heterocycles. The molecule has 2 rings (SSSR count). The van der Waals surface area contributed by atoms with E-state index in [2.05, 4.69) is 10.6 Å². The number of carbonyl (C=O) groups excluding carboxylic acids is 2. The van der Waals surface area contributed by atoms with Gasteiger partial charge in [0.1, 0.15) is 6.04 Å². The molecule has 25 heavy (non-hydrogen) atoms. The van der Waals surface area contributed by atoms with Gasteiger partial charge in [0.25, 0.3) is 0 Å². The minimum Gasteiger partial charge on any atom is -0.344 e. The van der Waals surface area contributed by atoms with Crippen molar-refractivity contribution >= 4 is 27.5 Å². The third-order valence-electron chi connectivity index (χ3n) is 4.53. The number of hydrogen-bond acceptors (Lipinski definition) is 4. The highest BCUT2D eigenvalue weighted by Gasteiger charge is 2.31. The Kier molecular flexibility index (Phi) is 6.18. The van der Waals surface area contributed by atoms with Crippen LogP contribution in [0.2, 0.25) is 0 Å². The van der Waals surface area contributed by atoms with E-state index < -0.39 is 16.1 Å². The molecule has 0 spiro atoms. The van der Waals surface area contributed by atoms with Crippen molar-refractivity contribution in [1.82, 2.24) is 5.32 Å². The van der Waals surface area contributed by atoms with E-state index in [-0.39, 0.29) is 22.6 Å². The minimum atomic E-state index is -3.88. The molecule has 1 unspecified atom stereocenters. The first kappa shape index (κ1) is 19.4. The van der Waals surface area contributed by atoms with Gasteiger partial charge in [-0.3, -0.25) is 9.59 Å². The Morgan fingerprint density at radius 2 is 1.92 bits per heavy atom. The Balaban J connectivity index is 2.24. The summed E-state index contributed by atoms with van der Waals surface area (Å²) in [5, 5.41) is 10.7. The van der Waals surface area contributed by atoms with Gasteiger partial charge in [-0.15, -0.1) is 0 Å². The molecule has 0 aromatic heterocycles. The van der Waals surface area contributed by atoms with Crippen molar-refractivity contribution in [3.8, 4) is 0 Å². The van der Waals surface area contributed by atoms with E-state index in [4.69, 9.17) is 5.14 Å². The van der Waals surface area contributed by atoms with Gasteiger partial charge >= 0.3 is 0 Å². The lowest BCUT2D eigenvalue weighted by atomic mass is 9.97. The number of sulfonamides is 1. The predicted octanol–water partition coefficient (Wildman–Crippen LogP) is 1.53. The van der Waals surface area contributed by atoms with Crippen molar-refractivity contribution < 1.29 is 18.0 Å². The molecule has 7 nitrogen and oxygen atoms in total. The number of hydrogen-bond donors (Lipinski definition) is 3. The molecule has 1 aromatic carbocycles.